The second-order valence-corrected chi connectivity index (χ2v) is 9.26. The fourth-order valence-electron chi connectivity index (χ4n) is 4.12. The van der Waals surface area contributed by atoms with Crippen LogP contribution in [0.25, 0.3) is 0 Å². The van der Waals surface area contributed by atoms with E-state index in [4.69, 9.17) is 4.74 Å². The van der Waals surface area contributed by atoms with Crippen molar-refractivity contribution in [2.45, 2.75) is 19.4 Å². The maximum atomic E-state index is 13.7. The van der Waals surface area contributed by atoms with Gasteiger partial charge in [-0.15, -0.1) is 17.9 Å². The van der Waals surface area contributed by atoms with E-state index in [1.807, 2.05) is 42.6 Å². The average Bonchev–Trinajstić information content (AvgIpc) is 3.32. The van der Waals surface area contributed by atoms with Crippen LogP contribution in [0.15, 0.2) is 72.6 Å². The Balaban J connectivity index is 1.52. The smallest absolute Gasteiger partial charge is 0.254 e. The van der Waals surface area contributed by atoms with Gasteiger partial charge in [0.2, 0.25) is 5.91 Å². The molecule has 34 heavy (non-hydrogen) atoms. The predicted molar refractivity (Wildman–Crippen MR) is 132 cm³/mol. The Morgan fingerprint density at radius 2 is 2.03 bits per heavy atom. The number of ether oxygens (including phenoxy) is 1. The number of benzene rings is 2. The summed E-state index contributed by atoms with van der Waals surface area (Å²) in [6.07, 6.45) is 2.33. The number of amides is 2. The monoisotopic (exact) mass is 478 g/mol. The predicted octanol–water partition coefficient (Wildman–Crippen LogP) is 5.03. The first-order valence-electron chi connectivity index (χ1n) is 11.2. The van der Waals surface area contributed by atoms with Gasteiger partial charge < -0.3 is 14.5 Å². The second-order valence-electron chi connectivity index (χ2n) is 8.26. The minimum atomic E-state index is -0.495. The molecule has 1 aromatic heterocycles. The summed E-state index contributed by atoms with van der Waals surface area (Å²) in [5.41, 5.74) is 2.43. The minimum Gasteiger partial charge on any atom is -0.491 e. The van der Waals surface area contributed by atoms with Crippen LogP contribution in [-0.4, -0.2) is 47.9 Å². The fourth-order valence-corrected chi connectivity index (χ4v) is 5.05. The molecule has 5 nitrogen and oxygen atoms in total. The molecular weight excluding hydrogens is 451 g/mol. The highest BCUT2D eigenvalue weighted by Crippen LogP contribution is 2.34. The van der Waals surface area contributed by atoms with E-state index in [0.717, 1.165) is 23.3 Å². The lowest BCUT2D eigenvalue weighted by atomic mass is 10.0. The third-order valence-electron chi connectivity index (χ3n) is 5.88. The van der Waals surface area contributed by atoms with Crippen LogP contribution in [0.5, 0.6) is 5.75 Å². The van der Waals surface area contributed by atoms with Crippen LogP contribution < -0.4 is 4.74 Å². The standard InChI is InChI=1S/C27H27FN2O3S/c1-3-13-29(27(32)20-5-4-6-21(28)16-20)17-26(31)30-14-11-25-23(12-15-34-25)24(30)18-33-22-9-7-19(2)8-10-22/h3-10,12,15-16,24H,1,11,13-14,17-18H2,2H3/t24-/m1/s1. The van der Waals surface area contributed by atoms with E-state index < -0.39 is 11.7 Å². The zero-order valence-corrected chi connectivity index (χ0v) is 19.9. The number of nitrogens with zero attached hydrogens (tertiary/aromatic N) is 2. The average molecular weight is 479 g/mol. The topological polar surface area (TPSA) is 49.9 Å². The molecule has 2 aromatic carbocycles. The Labute approximate surface area is 203 Å². The van der Waals surface area contributed by atoms with Crippen molar-refractivity contribution in [1.82, 2.24) is 9.80 Å². The molecule has 0 N–H and O–H groups in total. The van der Waals surface area contributed by atoms with E-state index >= 15 is 0 Å². The molecule has 0 unspecified atom stereocenters. The number of thiophene rings is 1. The molecule has 2 amide bonds. The molecule has 3 aromatic rings. The number of hydrogen-bond donors (Lipinski definition) is 0. The third-order valence-corrected chi connectivity index (χ3v) is 6.87. The first-order valence-corrected chi connectivity index (χ1v) is 12.0. The van der Waals surface area contributed by atoms with Crippen molar-refractivity contribution in [3.05, 3.63) is 100 Å². The van der Waals surface area contributed by atoms with Crippen molar-refractivity contribution in [2.75, 3.05) is 26.2 Å². The van der Waals surface area contributed by atoms with Gasteiger partial charge in [-0.2, -0.15) is 0 Å². The van der Waals surface area contributed by atoms with Crippen LogP contribution in [0.2, 0.25) is 0 Å². The van der Waals surface area contributed by atoms with Gasteiger partial charge in [-0.1, -0.05) is 29.8 Å². The number of hydrogen-bond acceptors (Lipinski definition) is 4. The summed E-state index contributed by atoms with van der Waals surface area (Å²) in [6, 6.07) is 15.1. The molecule has 0 saturated heterocycles. The number of carbonyl (C=O) groups excluding carboxylic acids is 2. The minimum absolute atomic E-state index is 0.123. The Hall–Kier alpha value is -3.45. The van der Waals surface area contributed by atoms with Crippen molar-refractivity contribution in [3.63, 3.8) is 0 Å². The third kappa shape index (κ3) is 5.37. The van der Waals surface area contributed by atoms with Crippen molar-refractivity contribution < 1.29 is 18.7 Å². The number of carbonyl (C=O) groups is 2. The summed E-state index contributed by atoms with van der Waals surface area (Å²) < 4.78 is 19.7. The van der Waals surface area contributed by atoms with Gasteiger partial charge >= 0.3 is 0 Å². The summed E-state index contributed by atoms with van der Waals surface area (Å²) in [7, 11) is 0. The van der Waals surface area contributed by atoms with E-state index in [1.165, 1.54) is 28.0 Å². The molecule has 176 valence electrons. The first kappa shape index (κ1) is 23.7. The van der Waals surface area contributed by atoms with Crippen LogP contribution in [-0.2, 0) is 11.2 Å². The van der Waals surface area contributed by atoms with Crippen LogP contribution in [0.1, 0.15) is 32.4 Å². The normalized spacial score (nSPS) is 14.9. The molecule has 1 aliphatic heterocycles. The quantitative estimate of drug-likeness (QED) is 0.427. The lowest BCUT2D eigenvalue weighted by Gasteiger charge is -2.37. The molecular formula is C27H27FN2O3S. The summed E-state index contributed by atoms with van der Waals surface area (Å²) in [5.74, 6) is -0.339. The lowest BCUT2D eigenvalue weighted by molar-refractivity contribution is -0.135. The van der Waals surface area contributed by atoms with Crippen LogP contribution in [0.4, 0.5) is 4.39 Å². The van der Waals surface area contributed by atoms with Gasteiger partial charge in [0.1, 0.15) is 24.7 Å². The molecule has 1 aliphatic rings. The number of fused-ring (bicyclic) bond motifs is 1. The zero-order valence-electron chi connectivity index (χ0n) is 19.1. The molecule has 7 heteroatoms. The number of halogens is 1. The van der Waals surface area contributed by atoms with Crippen LogP contribution in [0, 0.1) is 12.7 Å². The van der Waals surface area contributed by atoms with E-state index in [2.05, 4.69) is 6.58 Å². The highest BCUT2D eigenvalue weighted by atomic mass is 32.1. The fraction of sp³-hybridized carbons (Fsp3) is 0.259. The van der Waals surface area contributed by atoms with Gasteiger partial charge in [0.15, 0.2) is 0 Å². The van der Waals surface area contributed by atoms with E-state index in [0.29, 0.717) is 13.2 Å². The van der Waals surface area contributed by atoms with Gasteiger partial charge in [-0.05, 0) is 60.7 Å². The molecule has 0 bridgehead atoms. The Bertz CT molecular complexity index is 1170. The zero-order chi connectivity index (χ0) is 24.1. The Morgan fingerprint density at radius 3 is 2.76 bits per heavy atom. The summed E-state index contributed by atoms with van der Waals surface area (Å²) in [4.78, 5) is 30.9. The highest BCUT2D eigenvalue weighted by molar-refractivity contribution is 7.10. The molecule has 0 spiro atoms. The number of aryl methyl sites for hydroxylation is 1. The van der Waals surface area contributed by atoms with E-state index in [9.17, 15) is 14.0 Å². The molecule has 0 aliphatic carbocycles. The van der Waals surface area contributed by atoms with E-state index in [1.54, 1.807) is 28.4 Å². The second kappa shape index (κ2) is 10.7. The van der Waals surface area contributed by atoms with Gasteiger partial charge in [0, 0.05) is 23.5 Å². The highest BCUT2D eigenvalue weighted by Gasteiger charge is 2.33. The lowest BCUT2D eigenvalue weighted by Crippen LogP contribution is -2.47. The van der Waals surface area contributed by atoms with Crippen LogP contribution >= 0.6 is 11.3 Å². The van der Waals surface area contributed by atoms with Crippen molar-refractivity contribution >= 4 is 23.2 Å². The summed E-state index contributed by atoms with van der Waals surface area (Å²) >= 11 is 1.69. The van der Waals surface area contributed by atoms with Crippen molar-refractivity contribution in [2.24, 2.45) is 0 Å². The van der Waals surface area contributed by atoms with Gasteiger partial charge in [0.25, 0.3) is 5.91 Å². The van der Waals surface area contributed by atoms with Crippen LogP contribution in [0.3, 0.4) is 0 Å². The Morgan fingerprint density at radius 1 is 1.24 bits per heavy atom. The Kier molecular flexibility index (Phi) is 7.43. The van der Waals surface area contributed by atoms with Gasteiger partial charge in [-0.3, -0.25) is 9.59 Å². The van der Waals surface area contributed by atoms with Crippen molar-refractivity contribution in [1.29, 1.82) is 0 Å². The largest absolute Gasteiger partial charge is 0.491 e. The molecule has 4 rings (SSSR count). The van der Waals surface area contributed by atoms with E-state index in [-0.39, 0.29) is 30.6 Å². The van der Waals surface area contributed by atoms with Gasteiger partial charge in [0.05, 0.1) is 6.04 Å². The molecule has 0 radical (unpaired) electrons. The maximum Gasteiger partial charge on any atom is 0.254 e. The molecule has 0 fully saturated rings. The molecule has 1 atom stereocenters. The molecule has 0 saturated carbocycles. The SMILES string of the molecule is C=CCN(CC(=O)N1CCc2sccc2[C@H]1COc1ccc(C)cc1)C(=O)c1cccc(F)c1. The first-order chi connectivity index (χ1) is 16.5. The summed E-state index contributed by atoms with van der Waals surface area (Å²) in [5, 5.41) is 2.04. The van der Waals surface area contributed by atoms with Crippen molar-refractivity contribution in [3.8, 4) is 5.75 Å². The number of rotatable bonds is 8. The molecule has 2 heterocycles. The van der Waals surface area contributed by atoms with Gasteiger partial charge in [-0.25, -0.2) is 4.39 Å². The summed E-state index contributed by atoms with van der Waals surface area (Å²) in [6.45, 7) is 6.65. The maximum absolute atomic E-state index is 13.7.